The molecular weight excluding hydrogens is 170 g/mol. The summed E-state index contributed by atoms with van der Waals surface area (Å²) in [6.07, 6.45) is 3.17. The summed E-state index contributed by atoms with van der Waals surface area (Å²) in [7, 11) is 2.22. The summed E-state index contributed by atoms with van der Waals surface area (Å²) < 4.78 is 5.84. The van der Waals surface area contributed by atoms with E-state index in [-0.39, 0.29) is 0 Å². The molecule has 2 saturated heterocycles. The molecular formula is C9H17NOS. The molecule has 0 radical (unpaired) electrons. The molecule has 2 rings (SSSR count). The van der Waals surface area contributed by atoms with Crippen LogP contribution in [-0.2, 0) is 4.74 Å². The summed E-state index contributed by atoms with van der Waals surface area (Å²) in [5, 5.41) is 0. The van der Waals surface area contributed by atoms with Gasteiger partial charge >= 0.3 is 0 Å². The van der Waals surface area contributed by atoms with E-state index in [1.165, 1.54) is 25.1 Å². The highest BCUT2D eigenvalue weighted by atomic mass is 32.2. The van der Waals surface area contributed by atoms with Gasteiger partial charge in [-0.25, -0.2) is 0 Å². The van der Waals surface area contributed by atoms with Crippen molar-refractivity contribution in [3.63, 3.8) is 0 Å². The van der Waals surface area contributed by atoms with Gasteiger partial charge in [0, 0.05) is 11.8 Å². The minimum Gasteiger partial charge on any atom is -0.362 e. The Hall–Kier alpha value is 0.270. The van der Waals surface area contributed by atoms with Crippen LogP contribution < -0.4 is 0 Å². The molecule has 3 atom stereocenters. The molecule has 0 aromatic rings. The van der Waals surface area contributed by atoms with E-state index in [4.69, 9.17) is 4.74 Å². The number of likely N-dealkylation sites (N-methyl/N-ethyl adjacent to an activating group) is 1. The molecule has 70 valence electrons. The van der Waals surface area contributed by atoms with E-state index in [2.05, 4.69) is 18.9 Å². The minimum atomic E-state index is 0.420. The predicted octanol–water partition coefficient (Wildman–Crippen LogP) is 1.56. The van der Waals surface area contributed by atoms with Crippen LogP contribution in [0, 0.1) is 0 Å². The topological polar surface area (TPSA) is 12.5 Å². The van der Waals surface area contributed by atoms with Crippen LogP contribution in [0.4, 0.5) is 0 Å². The lowest BCUT2D eigenvalue weighted by Crippen LogP contribution is -2.37. The lowest BCUT2D eigenvalue weighted by molar-refractivity contribution is 0.0255. The Kier molecular flexibility index (Phi) is 2.63. The molecule has 0 spiro atoms. The van der Waals surface area contributed by atoms with Crippen molar-refractivity contribution in [2.45, 2.75) is 37.3 Å². The fourth-order valence-corrected chi connectivity index (χ4v) is 3.15. The van der Waals surface area contributed by atoms with E-state index in [1.54, 1.807) is 0 Å². The largest absolute Gasteiger partial charge is 0.362 e. The average molecular weight is 187 g/mol. The molecule has 0 aromatic heterocycles. The van der Waals surface area contributed by atoms with E-state index in [9.17, 15) is 0 Å². The summed E-state index contributed by atoms with van der Waals surface area (Å²) in [5.41, 5.74) is 0.420. The Balaban J connectivity index is 1.91. The molecule has 3 heteroatoms. The monoisotopic (exact) mass is 187 g/mol. The molecule has 2 heterocycles. The van der Waals surface area contributed by atoms with Gasteiger partial charge in [0.1, 0.15) is 5.44 Å². The zero-order valence-electron chi connectivity index (χ0n) is 7.82. The van der Waals surface area contributed by atoms with Crippen molar-refractivity contribution in [1.82, 2.24) is 4.90 Å². The van der Waals surface area contributed by atoms with Gasteiger partial charge in [0.25, 0.3) is 0 Å². The maximum atomic E-state index is 5.84. The summed E-state index contributed by atoms with van der Waals surface area (Å²) in [6, 6.07) is 0.697. The highest BCUT2D eigenvalue weighted by molar-refractivity contribution is 7.99. The van der Waals surface area contributed by atoms with E-state index in [0.717, 1.165) is 0 Å². The van der Waals surface area contributed by atoms with Crippen LogP contribution in [-0.4, -0.2) is 41.8 Å². The fraction of sp³-hybridized carbons (Fsp3) is 1.00. The second-order valence-electron chi connectivity index (χ2n) is 3.77. The third-order valence-corrected chi connectivity index (χ3v) is 3.97. The van der Waals surface area contributed by atoms with Crippen molar-refractivity contribution in [3.05, 3.63) is 0 Å². The highest BCUT2D eigenvalue weighted by Crippen LogP contribution is 2.31. The highest BCUT2D eigenvalue weighted by Gasteiger charge is 2.34. The van der Waals surface area contributed by atoms with Gasteiger partial charge in [-0.05, 0) is 33.4 Å². The van der Waals surface area contributed by atoms with Crippen LogP contribution in [0.1, 0.15) is 19.8 Å². The molecule has 0 saturated carbocycles. The van der Waals surface area contributed by atoms with Gasteiger partial charge in [-0.15, -0.1) is 11.8 Å². The van der Waals surface area contributed by atoms with Crippen LogP contribution in [0.5, 0.6) is 0 Å². The number of ether oxygens (including phenoxy) is 1. The first-order chi connectivity index (χ1) is 5.77. The van der Waals surface area contributed by atoms with Gasteiger partial charge in [-0.3, -0.25) is 0 Å². The minimum absolute atomic E-state index is 0.420. The van der Waals surface area contributed by atoms with Crippen molar-refractivity contribution < 1.29 is 4.74 Å². The molecule has 12 heavy (non-hydrogen) atoms. The van der Waals surface area contributed by atoms with Crippen LogP contribution >= 0.6 is 11.8 Å². The predicted molar refractivity (Wildman–Crippen MR) is 52.4 cm³/mol. The molecule has 0 aliphatic carbocycles. The maximum Gasteiger partial charge on any atom is 0.100 e. The Labute approximate surface area is 78.6 Å². The molecule has 2 aliphatic heterocycles. The van der Waals surface area contributed by atoms with Crippen LogP contribution in [0.3, 0.4) is 0 Å². The van der Waals surface area contributed by atoms with E-state index in [0.29, 0.717) is 17.6 Å². The van der Waals surface area contributed by atoms with Crippen molar-refractivity contribution in [2.24, 2.45) is 0 Å². The molecule has 2 aliphatic rings. The Bertz CT molecular complexity index is 165. The second kappa shape index (κ2) is 3.56. The van der Waals surface area contributed by atoms with E-state index < -0.39 is 0 Å². The molecule has 0 N–H and O–H groups in total. The molecule has 0 aromatic carbocycles. The van der Waals surface area contributed by atoms with Gasteiger partial charge in [0.05, 0.1) is 6.10 Å². The molecule has 2 fully saturated rings. The third-order valence-electron chi connectivity index (χ3n) is 2.87. The number of rotatable bonds is 1. The SMILES string of the molecule is CC1OC(C2CCCN2C)CS1. The van der Waals surface area contributed by atoms with Crippen molar-refractivity contribution in [3.8, 4) is 0 Å². The van der Waals surface area contributed by atoms with Gasteiger partial charge in [-0.2, -0.15) is 0 Å². The maximum absolute atomic E-state index is 5.84. The Morgan fingerprint density at radius 2 is 2.33 bits per heavy atom. The summed E-state index contributed by atoms with van der Waals surface area (Å²) >= 11 is 1.95. The number of thioether (sulfide) groups is 1. The fourth-order valence-electron chi connectivity index (χ4n) is 2.16. The average Bonchev–Trinajstić information content (AvgIpc) is 2.58. The second-order valence-corrected chi connectivity index (χ2v) is 5.10. The molecule has 0 amide bonds. The summed E-state index contributed by atoms with van der Waals surface area (Å²) in [6.45, 7) is 3.41. The number of hydrogen-bond acceptors (Lipinski definition) is 3. The Morgan fingerprint density at radius 1 is 1.50 bits per heavy atom. The van der Waals surface area contributed by atoms with Gasteiger partial charge in [0.2, 0.25) is 0 Å². The quantitative estimate of drug-likeness (QED) is 0.618. The number of hydrogen-bond donors (Lipinski definition) is 0. The first-order valence-corrected chi connectivity index (χ1v) is 5.79. The zero-order valence-corrected chi connectivity index (χ0v) is 8.64. The van der Waals surface area contributed by atoms with Crippen molar-refractivity contribution >= 4 is 11.8 Å². The number of likely N-dealkylation sites (tertiary alicyclic amines) is 1. The third kappa shape index (κ3) is 1.63. The number of nitrogens with zero attached hydrogens (tertiary/aromatic N) is 1. The van der Waals surface area contributed by atoms with E-state index in [1.807, 2.05) is 11.8 Å². The van der Waals surface area contributed by atoms with Crippen molar-refractivity contribution in [1.29, 1.82) is 0 Å². The Morgan fingerprint density at radius 3 is 2.83 bits per heavy atom. The normalized spacial score (nSPS) is 44.0. The van der Waals surface area contributed by atoms with E-state index >= 15 is 0 Å². The van der Waals surface area contributed by atoms with Gasteiger partial charge < -0.3 is 9.64 Å². The summed E-state index contributed by atoms with van der Waals surface area (Å²) in [5.74, 6) is 1.19. The summed E-state index contributed by atoms with van der Waals surface area (Å²) in [4.78, 5) is 2.45. The first kappa shape index (κ1) is 8.85. The lowest BCUT2D eigenvalue weighted by Gasteiger charge is -2.24. The smallest absolute Gasteiger partial charge is 0.100 e. The van der Waals surface area contributed by atoms with Crippen LogP contribution in [0.15, 0.2) is 0 Å². The van der Waals surface area contributed by atoms with Gasteiger partial charge in [0.15, 0.2) is 0 Å². The molecule has 3 unspecified atom stereocenters. The molecule has 2 nitrogen and oxygen atoms in total. The zero-order chi connectivity index (χ0) is 8.55. The lowest BCUT2D eigenvalue weighted by atomic mass is 10.1. The molecule has 0 bridgehead atoms. The first-order valence-electron chi connectivity index (χ1n) is 4.74. The standard InChI is InChI=1S/C9H17NOS/c1-7-11-9(6-12-7)8-4-3-5-10(8)2/h7-9H,3-6H2,1-2H3. The van der Waals surface area contributed by atoms with Gasteiger partial charge in [-0.1, -0.05) is 0 Å². The van der Waals surface area contributed by atoms with Crippen molar-refractivity contribution in [2.75, 3.05) is 19.3 Å². The van der Waals surface area contributed by atoms with Crippen LogP contribution in [0.25, 0.3) is 0 Å². The van der Waals surface area contributed by atoms with Crippen LogP contribution in [0.2, 0.25) is 0 Å².